The fraction of sp³-hybridized carbons (Fsp3) is 0.154. The minimum absolute atomic E-state index is 0.129. The van der Waals surface area contributed by atoms with Crippen LogP contribution in [0.3, 0.4) is 0 Å². The maximum absolute atomic E-state index is 12.1. The number of nitrogens with one attached hydrogen (secondary N) is 1. The van der Waals surface area contributed by atoms with Gasteiger partial charge in [-0.2, -0.15) is 0 Å². The van der Waals surface area contributed by atoms with E-state index in [2.05, 4.69) is 5.32 Å². The largest absolute Gasteiger partial charge is 0.322 e. The van der Waals surface area contributed by atoms with E-state index >= 15 is 0 Å². The fourth-order valence-electron chi connectivity index (χ4n) is 1.51. The van der Waals surface area contributed by atoms with Crippen molar-refractivity contribution in [1.82, 2.24) is 0 Å². The zero-order valence-corrected chi connectivity index (χ0v) is 12.2. The van der Waals surface area contributed by atoms with Gasteiger partial charge in [0.15, 0.2) is 0 Å². The van der Waals surface area contributed by atoms with Gasteiger partial charge in [-0.3, -0.25) is 4.79 Å². The molecule has 0 fully saturated rings. The van der Waals surface area contributed by atoms with Gasteiger partial charge in [-0.1, -0.05) is 23.2 Å². The molecule has 0 aliphatic carbocycles. The summed E-state index contributed by atoms with van der Waals surface area (Å²) in [7, 11) is 0. The van der Waals surface area contributed by atoms with Crippen molar-refractivity contribution in [3.8, 4) is 0 Å². The lowest BCUT2D eigenvalue weighted by Crippen LogP contribution is -2.12. The Morgan fingerprint density at radius 1 is 1.22 bits per heavy atom. The van der Waals surface area contributed by atoms with Gasteiger partial charge in [0.25, 0.3) is 5.91 Å². The van der Waals surface area contributed by atoms with E-state index < -0.39 is 0 Å². The van der Waals surface area contributed by atoms with Crippen LogP contribution in [-0.2, 0) is 0 Å². The molecule has 0 spiro atoms. The van der Waals surface area contributed by atoms with Crippen LogP contribution in [0.4, 0.5) is 5.69 Å². The van der Waals surface area contributed by atoms with Crippen molar-refractivity contribution >= 4 is 46.1 Å². The Morgan fingerprint density at radius 2 is 1.94 bits per heavy atom. The highest BCUT2D eigenvalue weighted by Crippen LogP contribution is 2.26. The summed E-state index contributed by atoms with van der Waals surface area (Å²) in [4.78, 5) is 13.2. The lowest BCUT2D eigenvalue weighted by molar-refractivity contribution is 0.102. The molecule has 5 heteroatoms. The Bertz CT molecular complexity index is 607. The second kappa shape index (κ2) is 5.31. The van der Waals surface area contributed by atoms with E-state index in [9.17, 15) is 4.79 Å². The molecule has 0 unspecified atom stereocenters. The van der Waals surface area contributed by atoms with Crippen LogP contribution < -0.4 is 5.32 Å². The average Bonchev–Trinajstić information content (AvgIpc) is 2.65. The lowest BCUT2D eigenvalue weighted by Gasteiger charge is -2.06. The van der Waals surface area contributed by atoms with E-state index in [1.54, 1.807) is 29.5 Å². The zero-order valence-electron chi connectivity index (χ0n) is 9.88. The number of anilines is 1. The summed E-state index contributed by atoms with van der Waals surface area (Å²) in [6.45, 7) is 3.94. The minimum atomic E-state index is -0.129. The van der Waals surface area contributed by atoms with E-state index in [0.29, 0.717) is 21.3 Å². The first-order valence-corrected chi connectivity index (χ1v) is 6.93. The number of hydrogen-bond donors (Lipinski definition) is 1. The van der Waals surface area contributed by atoms with Crippen molar-refractivity contribution in [1.29, 1.82) is 0 Å². The van der Waals surface area contributed by atoms with E-state index in [0.717, 1.165) is 10.4 Å². The number of benzene rings is 1. The van der Waals surface area contributed by atoms with Crippen molar-refractivity contribution in [2.45, 2.75) is 13.8 Å². The molecule has 0 aliphatic heterocycles. The van der Waals surface area contributed by atoms with Crippen LogP contribution in [0, 0.1) is 13.8 Å². The van der Waals surface area contributed by atoms with Gasteiger partial charge in [0.05, 0.1) is 15.6 Å². The van der Waals surface area contributed by atoms with Gasteiger partial charge < -0.3 is 5.32 Å². The molecule has 0 radical (unpaired) electrons. The van der Waals surface area contributed by atoms with Gasteiger partial charge in [0.2, 0.25) is 0 Å². The van der Waals surface area contributed by atoms with Crippen molar-refractivity contribution in [3.63, 3.8) is 0 Å². The van der Waals surface area contributed by atoms with Gasteiger partial charge >= 0.3 is 0 Å². The molecular weight excluding hydrogens is 289 g/mol. The number of carbonyl (C=O) groups excluding carboxylic acids is 1. The van der Waals surface area contributed by atoms with Gasteiger partial charge in [-0.25, -0.2) is 0 Å². The number of hydrogen-bond acceptors (Lipinski definition) is 2. The Balaban J connectivity index is 2.21. The van der Waals surface area contributed by atoms with Gasteiger partial charge in [-0.05, 0) is 37.6 Å². The topological polar surface area (TPSA) is 29.1 Å². The summed E-state index contributed by atoms with van der Waals surface area (Å²) in [5, 5.41) is 5.56. The Kier molecular flexibility index (Phi) is 3.95. The highest BCUT2D eigenvalue weighted by molar-refractivity contribution is 7.10. The number of thiophene rings is 1. The normalized spacial score (nSPS) is 10.4. The lowest BCUT2D eigenvalue weighted by atomic mass is 10.1. The number of amides is 1. The maximum Gasteiger partial charge on any atom is 0.256 e. The monoisotopic (exact) mass is 299 g/mol. The molecule has 1 heterocycles. The second-order valence-electron chi connectivity index (χ2n) is 3.91. The van der Waals surface area contributed by atoms with Crippen LogP contribution in [0.25, 0.3) is 0 Å². The van der Waals surface area contributed by atoms with E-state index in [1.807, 2.05) is 19.2 Å². The molecule has 94 valence electrons. The van der Waals surface area contributed by atoms with Crippen molar-refractivity contribution in [2.75, 3.05) is 5.32 Å². The summed E-state index contributed by atoms with van der Waals surface area (Å²) in [6, 6.07) is 5.02. The molecule has 1 aromatic carbocycles. The van der Waals surface area contributed by atoms with Crippen LogP contribution in [0.2, 0.25) is 10.0 Å². The quantitative estimate of drug-likeness (QED) is 0.837. The third-order valence-corrected chi connectivity index (χ3v) is 4.46. The molecule has 2 nitrogen and oxygen atoms in total. The predicted octanol–water partition coefficient (Wildman–Crippen LogP) is 4.92. The van der Waals surface area contributed by atoms with Gasteiger partial charge in [0, 0.05) is 15.9 Å². The second-order valence-corrected chi connectivity index (χ2v) is 5.81. The molecular formula is C13H11Cl2NOS. The zero-order chi connectivity index (χ0) is 13.3. The standard InChI is InChI=1S/C13H11Cl2NOS/c1-7-8(2)18-6-10(7)13(17)16-9-3-4-11(14)12(15)5-9/h3-6H,1-2H3,(H,16,17). The van der Waals surface area contributed by atoms with Gasteiger partial charge in [0.1, 0.15) is 0 Å². The maximum atomic E-state index is 12.1. The number of halogens is 2. The molecule has 0 bridgehead atoms. The van der Waals surface area contributed by atoms with E-state index in [4.69, 9.17) is 23.2 Å². The Hall–Kier alpha value is -1.03. The van der Waals surface area contributed by atoms with E-state index in [1.165, 1.54) is 0 Å². The number of aryl methyl sites for hydroxylation is 1. The molecule has 1 N–H and O–H groups in total. The molecule has 0 aliphatic rings. The average molecular weight is 300 g/mol. The van der Waals surface area contributed by atoms with Crippen LogP contribution in [0.15, 0.2) is 23.6 Å². The number of rotatable bonds is 2. The summed E-state index contributed by atoms with van der Waals surface area (Å²) in [5.41, 5.74) is 2.35. The molecule has 2 rings (SSSR count). The number of carbonyl (C=O) groups is 1. The molecule has 1 amide bonds. The predicted molar refractivity (Wildman–Crippen MR) is 78.2 cm³/mol. The molecule has 1 aromatic heterocycles. The molecule has 0 saturated heterocycles. The molecule has 0 atom stereocenters. The molecule has 18 heavy (non-hydrogen) atoms. The highest BCUT2D eigenvalue weighted by atomic mass is 35.5. The van der Waals surface area contributed by atoms with Crippen LogP contribution >= 0.6 is 34.5 Å². The first-order valence-electron chi connectivity index (χ1n) is 5.30. The summed E-state index contributed by atoms with van der Waals surface area (Å²) >= 11 is 13.3. The molecule has 0 saturated carbocycles. The van der Waals surface area contributed by atoms with Crippen LogP contribution in [0.5, 0.6) is 0 Å². The van der Waals surface area contributed by atoms with E-state index in [-0.39, 0.29) is 5.91 Å². The van der Waals surface area contributed by atoms with Crippen LogP contribution in [0.1, 0.15) is 20.8 Å². The summed E-state index contributed by atoms with van der Waals surface area (Å²) in [6.07, 6.45) is 0. The first-order chi connectivity index (χ1) is 8.49. The Labute approximate surface area is 120 Å². The first kappa shape index (κ1) is 13.4. The third-order valence-electron chi connectivity index (χ3n) is 2.71. The smallest absolute Gasteiger partial charge is 0.256 e. The van der Waals surface area contributed by atoms with Gasteiger partial charge in [-0.15, -0.1) is 11.3 Å². The van der Waals surface area contributed by atoms with Crippen molar-refractivity contribution < 1.29 is 4.79 Å². The minimum Gasteiger partial charge on any atom is -0.322 e. The van der Waals surface area contributed by atoms with Crippen molar-refractivity contribution in [2.24, 2.45) is 0 Å². The molecule has 2 aromatic rings. The fourth-order valence-corrected chi connectivity index (χ4v) is 2.67. The Morgan fingerprint density at radius 3 is 2.50 bits per heavy atom. The SMILES string of the molecule is Cc1scc(C(=O)Nc2ccc(Cl)c(Cl)c2)c1C. The highest BCUT2D eigenvalue weighted by Gasteiger charge is 2.13. The van der Waals surface area contributed by atoms with Crippen LogP contribution in [-0.4, -0.2) is 5.91 Å². The van der Waals surface area contributed by atoms with Crippen molar-refractivity contribution in [3.05, 3.63) is 49.6 Å². The summed E-state index contributed by atoms with van der Waals surface area (Å²) < 4.78 is 0. The third kappa shape index (κ3) is 2.69. The summed E-state index contributed by atoms with van der Waals surface area (Å²) in [5.74, 6) is -0.129.